The Bertz CT molecular complexity index is 1310. The number of carbonyl (C=O) groups excluding carboxylic acids is 2. The molecule has 0 aromatic heterocycles. The van der Waals surface area contributed by atoms with E-state index in [1.54, 1.807) is 26.2 Å². The van der Waals surface area contributed by atoms with Crippen molar-refractivity contribution in [3.05, 3.63) is 89.0 Å². The number of likely N-dealkylation sites (tertiary alicyclic amines) is 1. The van der Waals surface area contributed by atoms with Gasteiger partial charge < -0.3 is 24.4 Å². The molecule has 0 aliphatic carbocycles. The molecule has 2 heterocycles. The summed E-state index contributed by atoms with van der Waals surface area (Å²) in [6, 6.07) is 21.3. The Labute approximate surface area is 235 Å². The Morgan fingerprint density at radius 3 is 2.20 bits per heavy atom. The Hall–Kier alpha value is -4.04. The number of hydrogen-bond acceptors (Lipinski definition) is 6. The van der Waals surface area contributed by atoms with Crippen molar-refractivity contribution < 1.29 is 23.8 Å². The van der Waals surface area contributed by atoms with Gasteiger partial charge in [-0.15, -0.1) is 0 Å². The number of piperidine rings is 1. The van der Waals surface area contributed by atoms with Gasteiger partial charge >= 0.3 is 0 Å². The van der Waals surface area contributed by atoms with E-state index in [1.807, 2.05) is 42.5 Å². The smallest absolute Gasteiger partial charge is 0.255 e. The van der Waals surface area contributed by atoms with E-state index < -0.39 is 6.04 Å². The van der Waals surface area contributed by atoms with Gasteiger partial charge in [-0.1, -0.05) is 48.5 Å². The van der Waals surface area contributed by atoms with Gasteiger partial charge in [0.05, 0.1) is 33.8 Å². The van der Waals surface area contributed by atoms with Crippen molar-refractivity contribution in [3.63, 3.8) is 0 Å². The van der Waals surface area contributed by atoms with Crippen LogP contribution in [0, 0.1) is 0 Å². The molecule has 8 heteroatoms. The molecule has 5 rings (SSSR count). The van der Waals surface area contributed by atoms with Crippen molar-refractivity contribution in [3.8, 4) is 17.2 Å². The van der Waals surface area contributed by atoms with Crippen LogP contribution in [-0.4, -0.2) is 62.1 Å². The van der Waals surface area contributed by atoms with E-state index in [9.17, 15) is 9.59 Å². The standard InChI is InChI=1S/C32H37N3O5/c1-38-28-17-24(18-29(39-2)31(28)40-3)27(35-21-23-11-7-8-12-26(23)32(35)37)19-30(36)33-25-13-15-34(16-14-25)20-22-9-5-4-6-10-22/h4-12,17-18,25,27H,13-16,19-21H2,1-3H3,(H,33,36). The summed E-state index contributed by atoms with van der Waals surface area (Å²) >= 11 is 0. The minimum absolute atomic E-state index is 0.0796. The first-order valence-corrected chi connectivity index (χ1v) is 13.7. The summed E-state index contributed by atoms with van der Waals surface area (Å²) in [5.74, 6) is 1.27. The summed E-state index contributed by atoms with van der Waals surface area (Å²) in [4.78, 5) is 31.2. The van der Waals surface area contributed by atoms with Crippen molar-refractivity contribution in [2.75, 3.05) is 34.4 Å². The second kappa shape index (κ2) is 12.4. The number of amides is 2. The highest BCUT2D eigenvalue weighted by atomic mass is 16.5. The summed E-state index contributed by atoms with van der Waals surface area (Å²) in [6.45, 7) is 3.20. The van der Waals surface area contributed by atoms with E-state index in [2.05, 4.69) is 34.5 Å². The lowest BCUT2D eigenvalue weighted by Gasteiger charge is -2.33. The monoisotopic (exact) mass is 543 g/mol. The van der Waals surface area contributed by atoms with E-state index in [-0.39, 0.29) is 24.3 Å². The summed E-state index contributed by atoms with van der Waals surface area (Å²) < 4.78 is 16.7. The molecule has 0 spiro atoms. The van der Waals surface area contributed by atoms with Crippen molar-refractivity contribution in [1.82, 2.24) is 15.1 Å². The molecular formula is C32H37N3O5. The van der Waals surface area contributed by atoms with Gasteiger partial charge in [0.1, 0.15) is 0 Å². The van der Waals surface area contributed by atoms with Crippen LogP contribution in [-0.2, 0) is 17.9 Å². The van der Waals surface area contributed by atoms with E-state index in [1.165, 1.54) is 5.56 Å². The second-order valence-corrected chi connectivity index (χ2v) is 10.4. The largest absolute Gasteiger partial charge is 0.493 e. The van der Waals surface area contributed by atoms with Crippen LogP contribution in [0.2, 0.25) is 0 Å². The first-order chi connectivity index (χ1) is 19.5. The van der Waals surface area contributed by atoms with E-state index in [4.69, 9.17) is 14.2 Å². The molecule has 1 atom stereocenters. The molecule has 2 amide bonds. The fraction of sp³-hybridized carbons (Fsp3) is 0.375. The summed E-state index contributed by atoms with van der Waals surface area (Å²) in [7, 11) is 4.67. The lowest BCUT2D eigenvalue weighted by Crippen LogP contribution is -2.45. The predicted octanol–water partition coefficient (Wildman–Crippen LogP) is 4.58. The van der Waals surface area contributed by atoms with E-state index >= 15 is 0 Å². The number of ether oxygens (including phenoxy) is 3. The zero-order valence-corrected chi connectivity index (χ0v) is 23.4. The molecular weight excluding hydrogens is 506 g/mol. The Morgan fingerprint density at radius 1 is 0.925 bits per heavy atom. The quantitative estimate of drug-likeness (QED) is 0.403. The van der Waals surface area contributed by atoms with Gasteiger partial charge in [0.25, 0.3) is 5.91 Å². The minimum atomic E-state index is -0.508. The van der Waals surface area contributed by atoms with E-state index in [0.29, 0.717) is 29.4 Å². The molecule has 1 N–H and O–H groups in total. The fourth-order valence-corrected chi connectivity index (χ4v) is 5.77. The number of carbonyl (C=O) groups is 2. The molecule has 2 aliphatic rings. The maximum absolute atomic E-state index is 13.5. The maximum atomic E-state index is 13.5. The number of benzene rings is 3. The molecule has 0 bridgehead atoms. The molecule has 8 nitrogen and oxygen atoms in total. The van der Waals surface area contributed by atoms with Gasteiger partial charge in [-0.05, 0) is 47.7 Å². The van der Waals surface area contributed by atoms with Crippen LogP contribution >= 0.6 is 0 Å². The van der Waals surface area contributed by atoms with Gasteiger partial charge in [-0.25, -0.2) is 0 Å². The number of nitrogens with one attached hydrogen (secondary N) is 1. The average molecular weight is 544 g/mol. The van der Waals surface area contributed by atoms with Crippen LogP contribution < -0.4 is 19.5 Å². The van der Waals surface area contributed by atoms with E-state index in [0.717, 1.165) is 43.6 Å². The minimum Gasteiger partial charge on any atom is -0.493 e. The zero-order valence-electron chi connectivity index (χ0n) is 23.4. The molecule has 2 aliphatic heterocycles. The van der Waals surface area contributed by atoms with Crippen molar-refractivity contribution in [1.29, 1.82) is 0 Å². The Balaban J connectivity index is 1.32. The zero-order chi connectivity index (χ0) is 28.1. The van der Waals surface area contributed by atoms with Crippen molar-refractivity contribution in [2.45, 2.75) is 44.4 Å². The normalized spacial score (nSPS) is 16.4. The molecule has 1 unspecified atom stereocenters. The Kier molecular flexibility index (Phi) is 8.55. The van der Waals surface area contributed by atoms with Crippen LogP contribution in [0.15, 0.2) is 66.7 Å². The summed E-state index contributed by atoms with van der Waals surface area (Å²) in [6.07, 6.45) is 1.91. The number of nitrogens with zero attached hydrogens (tertiary/aromatic N) is 2. The first kappa shape index (κ1) is 27.5. The maximum Gasteiger partial charge on any atom is 0.255 e. The van der Waals surface area contributed by atoms with Gasteiger partial charge in [-0.2, -0.15) is 0 Å². The van der Waals surface area contributed by atoms with Crippen LogP contribution in [0.5, 0.6) is 17.2 Å². The second-order valence-electron chi connectivity index (χ2n) is 10.4. The number of fused-ring (bicyclic) bond motifs is 1. The third-order valence-corrected chi connectivity index (χ3v) is 7.88. The van der Waals surface area contributed by atoms with Crippen molar-refractivity contribution >= 4 is 11.8 Å². The molecule has 0 saturated carbocycles. The Morgan fingerprint density at radius 2 is 1.57 bits per heavy atom. The van der Waals surface area contributed by atoms with Gasteiger partial charge in [0, 0.05) is 37.8 Å². The first-order valence-electron chi connectivity index (χ1n) is 13.7. The third-order valence-electron chi connectivity index (χ3n) is 7.88. The van der Waals surface area contributed by atoms with Gasteiger partial charge in [0.15, 0.2) is 11.5 Å². The molecule has 1 fully saturated rings. The summed E-state index contributed by atoms with van der Waals surface area (Å²) in [5.41, 5.74) is 3.68. The number of hydrogen-bond donors (Lipinski definition) is 1. The lowest BCUT2D eigenvalue weighted by atomic mass is 9.99. The van der Waals surface area contributed by atoms with Gasteiger partial charge in [-0.3, -0.25) is 14.5 Å². The fourth-order valence-electron chi connectivity index (χ4n) is 5.77. The van der Waals surface area contributed by atoms with Crippen LogP contribution in [0.25, 0.3) is 0 Å². The number of rotatable bonds is 10. The molecule has 210 valence electrons. The summed E-state index contributed by atoms with van der Waals surface area (Å²) in [5, 5.41) is 3.25. The topological polar surface area (TPSA) is 80.3 Å². The molecule has 3 aromatic rings. The van der Waals surface area contributed by atoms with Crippen LogP contribution in [0.1, 0.15) is 52.4 Å². The van der Waals surface area contributed by atoms with Crippen LogP contribution in [0.3, 0.4) is 0 Å². The molecule has 3 aromatic carbocycles. The number of methoxy groups -OCH3 is 3. The van der Waals surface area contributed by atoms with Crippen LogP contribution in [0.4, 0.5) is 0 Å². The third kappa shape index (κ3) is 5.92. The average Bonchev–Trinajstić information content (AvgIpc) is 3.32. The molecule has 1 saturated heterocycles. The van der Waals surface area contributed by atoms with Gasteiger partial charge in [0.2, 0.25) is 11.7 Å². The SMILES string of the molecule is COc1cc(C(CC(=O)NC2CCN(Cc3ccccc3)CC2)N2Cc3ccccc3C2=O)cc(OC)c1OC. The van der Waals surface area contributed by atoms with Crippen molar-refractivity contribution in [2.24, 2.45) is 0 Å². The lowest BCUT2D eigenvalue weighted by molar-refractivity contribution is -0.123. The molecule has 40 heavy (non-hydrogen) atoms. The highest BCUT2D eigenvalue weighted by Crippen LogP contribution is 2.43. The predicted molar refractivity (Wildman–Crippen MR) is 153 cm³/mol. The molecule has 0 radical (unpaired) electrons. The highest BCUT2D eigenvalue weighted by molar-refractivity contribution is 5.99. The highest BCUT2D eigenvalue weighted by Gasteiger charge is 2.36.